The van der Waals surface area contributed by atoms with Gasteiger partial charge in [0, 0.05) is 9.92 Å². The summed E-state index contributed by atoms with van der Waals surface area (Å²) < 4.78 is 0. The molecule has 1 aromatic carbocycles. The van der Waals surface area contributed by atoms with E-state index in [2.05, 4.69) is 0 Å². The molecule has 0 saturated carbocycles. The number of carboxylic acids is 1. The molecule has 0 aromatic heterocycles. The van der Waals surface area contributed by atoms with Gasteiger partial charge < -0.3 is 5.11 Å². The maximum atomic E-state index is 11.0. The fraction of sp³-hybridized carbons (Fsp3) is 0.364. The van der Waals surface area contributed by atoms with Gasteiger partial charge in [0.05, 0.1) is 5.92 Å². The Balaban J connectivity index is 2.31. The second-order valence-electron chi connectivity index (χ2n) is 3.63. The van der Waals surface area contributed by atoms with Crippen LogP contribution in [0.5, 0.6) is 0 Å². The number of hydrogen-bond donors (Lipinski definition) is 1. The van der Waals surface area contributed by atoms with Gasteiger partial charge in [-0.2, -0.15) is 0 Å². The lowest BCUT2D eigenvalue weighted by atomic mass is 9.97. The third-order valence-electron chi connectivity index (χ3n) is 2.56. The number of thioether (sulfide) groups is 1. The monoisotopic (exact) mass is 242 g/mol. The first kappa shape index (κ1) is 10.8. The van der Waals surface area contributed by atoms with Crippen LogP contribution in [0.1, 0.15) is 12.0 Å². The molecular formula is C11H11ClO2S. The normalized spacial score (nSPS) is 20.5. The van der Waals surface area contributed by atoms with Gasteiger partial charge in [-0.05, 0) is 42.4 Å². The Morgan fingerprint density at radius 3 is 3.07 bits per heavy atom. The highest BCUT2D eigenvalue weighted by atomic mass is 35.5. The molecule has 0 amide bonds. The fourth-order valence-electron chi connectivity index (χ4n) is 1.74. The lowest BCUT2D eigenvalue weighted by Crippen LogP contribution is -2.16. The van der Waals surface area contributed by atoms with Gasteiger partial charge in [0.25, 0.3) is 0 Å². The standard InChI is InChI=1S/C11H11ClO2S/c12-9-1-2-10-8(6-9)5-7(11(13)14)3-4-15-10/h1-2,6-7H,3-5H2,(H,13,14). The minimum absolute atomic E-state index is 0.266. The molecule has 0 spiro atoms. The number of carboxylic acid groups (broad SMARTS) is 1. The molecule has 1 unspecified atom stereocenters. The number of rotatable bonds is 1. The van der Waals surface area contributed by atoms with E-state index in [0.717, 1.165) is 17.7 Å². The van der Waals surface area contributed by atoms with Gasteiger partial charge in [-0.3, -0.25) is 4.79 Å². The summed E-state index contributed by atoms with van der Waals surface area (Å²) in [5.74, 6) is -0.105. The van der Waals surface area contributed by atoms with E-state index in [1.54, 1.807) is 11.8 Å². The molecule has 1 atom stereocenters. The van der Waals surface area contributed by atoms with Gasteiger partial charge in [0.2, 0.25) is 0 Å². The summed E-state index contributed by atoms with van der Waals surface area (Å²) in [7, 11) is 0. The van der Waals surface area contributed by atoms with Crippen LogP contribution < -0.4 is 0 Å². The summed E-state index contributed by atoms with van der Waals surface area (Å²) in [4.78, 5) is 12.1. The van der Waals surface area contributed by atoms with Crippen molar-refractivity contribution >= 4 is 29.3 Å². The Kier molecular flexibility index (Phi) is 3.22. The molecule has 1 aromatic rings. The van der Waals surface area contributed by atoms with Gasteiger partial charge in [-0.1, -0.05) is 11.6 Å². The van der Waals surface area contributed by atoms with Crippen molar-refractivity contribution < 1.29 is 9.90 Å². The first-order chi connectivity index (χ1) is 7.16. The zero-order chi connectivity index (χ0) is 10.8. The van der Waals surface area contributed by atoms with Crippen molar-refractivity contribution in [2.75, 3.05) is 5.75 Å². The van der Waals surface area contributed by atoms with E-state index in [1.165, 1.54) is 4.90 Å². The van der Waals surface area contributed by atoms with Gasteiger partial charge in [-0.15, -0.1) is 11.8 Å². The van der Waals surface area contributed by atoms with Crippen molar-refractivity contribution in [2.24, 2.45) is 5.92 Å². The predicted octanol–water partition coefficient (Wildman–Crippen LogP) is 3.08. The Morgan fingerprint density at radius 1 is 1.53 bits per heavy atom. The minimum Gasteiger partial charge on any atom is -0.481 e. The van der Waals surface area contributed by atoms with Crippen LogP contribution in [0.15, 0.2) is 23.1 Å². The number of aliphatic carboxylic acids is 1. The van der Waals surface area contributed by atoms with Gasteiger partial charge in [0.15, 0.2) is 0 Å². The summed E-state index contributed by atoms with van der Waals surface area (Å²) in [6.45, 7) is 0. The van der Waals surface area contributed by atoms with Crippen LogP contribution in [-0.2, 0) is 11.2 Å². The lowest BCUT2D eigenvalue weighted by Gasteiger charge is -2.08. The maximum absolute atomic E-state index is 11.0. The molecule has 0 aliphatic carbocycles. The summed E-state index contributed by atoms with van der Waals surface area (Å²) in [6.07, 6.45) is 1.32. The predicted molar refractivity (Wildman–Crippen MR) is 61.6 cm³/mol. The average molecular weight is 243 g/mol. The van der Waals surface area contributed by atoms with Crippen LogP contribution in [0.25, 0.3) is 0 Å². The zero-order valence-corrected chi connectivity index (χ0v) is 9.64. The SMILES string of the molecule is O=C(O)C1CCSc2ccc(Cl)cc2C1. The molecule has 1 aliphatic heterocycles. The molecule has 0 radical (unpaired) electrons. The minimum atomic E-state index is -0.705. The smallest absolute Gasteiger partial charge is 0.306 e. The van der Waals surface area contributed by atoms with Gasteiger partial charge in [0.1, 0.15) is 0 Å². The Bertz CT molecular complexity index is 392. The van der Waals surface area contributed by atoms with Crippen molar-refractivity contribution in [3.63, 3.8) is 0 Å². The largest absolute Gasteiger partial charge is 0.481 e. The van der Waals surface area contributed by atoms with Crippen LogP contribution in [0.2, 0.25) is 5.02 Å². The highest BCUT2D eigenvalue weighted by Gasteiger charge is 2.22. The molecule has 1 N–H and O–H groups in total. The van der Waals surface area contributed by atoms with Crippen molar-refractivity contribution in [1.29, 1.82) is 0 Å². The van der Waals surface area contributed by atoms with Crippen LogP contribution in [0.3, 0.4) is 0 Å². The molecule has 1 aliphatic rings. The maximum Gasteiger partial charge on any atom is 0.306 e. The molecule has 1 heterocycles. The van der Waals surface area contributed by atoms with E-state index in [1.807, 2.05) is 18.2 Å². The zero-order valence-electron chi connectivity index (χ0n) is 8.07. The molecule has 80 valence electrons. The van der Waals surface area contributed by atoms with E-state index < -0.39 is 5.97 Å². The molecule has 2 rings (SSSR count). The van der Waals surface area contributed by atoms with Crippen molar-refractivity contribution in [2.45, 2.75) is 17.7 Å². The topological polar surface area (TPSA) is 37.3 Å². The van der Waals surface area contributed by atoms with E-state index in [0.29, 0.717) is 11.4 Å². The van der Waals surface area contributed by atoms with Crippen molar-refractivity contribution in [3.05, 3.63) is 28.8 Å². The molecule has 0 fully saturated rings. The number of halogens is 1. The summed E-state index contributed by atoms with van der Waals surface area (Å²) in [5.41, 5.74) is 1.07. The van der Waals surface area contributed by atoms with Gasteiger partial charge >= 0.3 is 5.97 Å². The first-order valence-corrected chi connectivity index (χ1v) is 6.17. The van der Waals surface area contributed by atoms with Gasteiger partial charge in [-0.25, -0.2) is 0 Å². The molecule has 4 heteroatoms. The lowest BCUT2D eigenvalue weighted by molar-refractivity contribution is -0.141. The summed E-state index contributed by atoms with van der Waals surface area (Å²) in [5, 5.41) is 9.70. The van der Waals surface area contributed by atoms with E-state index in [9.17, 15) is 4.79 Å². The van der Waals surface area contributed by atoms with E-state index in [4.69, 9.17) is 16.7 Å². The number of carbonyl (C=O) groups is 1. The number of fused-ring (bicyclic) bond motifs is 1. The Hall–Kier alpha value is -0.670. The van der Waals surface area contributed by atoms with Crippen LogP contribution in [-0.4, -0.2) is 16.8 Å². The van der Waals surface area contributed by atoms with Crippen LogP contribution in [0, 0.1) is 5.92 Å². The Morgan fingerprint density at radius 2 is 2.33 bits per heavy atom. The van der Waals surface area contributed by atoms with E-state index >= 15 is 0 Å². The van der Waals surface area contributed by atoms with Crippen LogP contribution >= 0.6 is 23.4 Å². The molecular weight excluding hydrogens is 232 g/mol. The third-order valence-corrected chi connectivity index (χ3v) is 3.95. The molecule has 0 saturated heterocycles. The summed E-state index contributed by atoms with van der Waals surface area (Å²) >= 11 is 7.62. The summed E-state index contributed by atoms with van der Waals surface area (Å²) in [6, 6.07) is 5.71. The number of benzene rings is 1. The number of hydrogen-bond acceptors (Lipinski definition) is 2. The molecule has 0 bridgehead atoms. The highest BCUT2D eigenvalue weighted by Crippen LogP contribution is 2.33. The van der Waals surface area contributed by atoms with E-state index in [-0.39, 0.29) is 5.92 Å². The third kappa shape index (κ3) is 2.47. The second kappa shape index (κ2) is 4.45. The molecule has 15 heavy (non-hydrogen) atoms. The van der Waals surface area contributed by atoms with Crippen molar-refractivity contribution in [3.8, 4) is 0 Å². The first-order valence-electron chi connectivity index (χ1n) is 4.81. The quantitative estimate of drug-likeness (QED) is 0.822. The fourth-order valence-corrected chi connectivity index (χ4v) is 3.05. The highest BCUT2D eigenvalue weighted by molar-refractivity contribution is 7.99. The van der Waals surface area contributed by atoms with Crippen LogP contribution in [0.4, 0.5) is 0 Å². The second-order valence-corrected chi connectivity index (χ2v) is 5.20. The molecule has 2 nitrogen and oxygen atoms in total. The average Bonchev–Trinajstić information content (AvgIpc) is 2.39. The Labute approximate surface area is 97.6 Å². The van der Waals surface area contributed by atoms with Crippen molar-refractivity contribution in [1.82, 2.24) is 0 Å².